The molecule has 0 aromatic heterocycles. The van der Waals surface area contributed by atoms with Gasteiger partial charge in [-0.1, -0.05) is 24.3 Å². The van der Waals surface area contributed by atoms with Crippen molar-refractivity contribution in [1.29, 1.82) is 0 Å². The Bertz CT molecular complexity index is 613. The number of nitrogens with zero attached hydrogens (tertiary/aromatic N) is 1. The van der Waals surface area contributed by atoms with Crippen LogP contribution >= 0.6 is 0 Å². The van der Waals surface area contributed by atoms with Crippen LogP contribution in [0, 0.1) is 5.82 Å². The van der Waals surface area contributed by atoms with Gasteiger partial charge in [0.1, 0.15) is 11.6 Å². The minimum absolute atomic E-state index is 0.334. The van der Waals surface area contributed by atoms with Crippen LogP contribution in [0.25, 0.3) is 0 Å². The standard InChI is InChI=1S/C17H20FNO2/c1-12(20)15-8-5-9-16(18)17(15)19(2)11-13-6-4-7-14(10-13)21-3/h4-10,12,20H,11H2,1-3H3. The number of anilines is 1. The van der Waals surface area contributed by atoms with Crippen molar-refractivity contribution in [2.45, 2.75) is 19.6 Å². The second-order valence-corrected chi connectivity index (χ2v) is 5.06. The maximum atomic E-state index is 14.1. The molecule has 0 bridgehead atoms. The van der Waals surface area contributed by atoms with Gasteiger partial charge in [0, 0.05) is 19.2 Å². The third kappa shape index (κ3) is 3.52. The quantitative estimate of drug-likeness (QED) is 0.914. The molecular formula is C17H20FNO2. The molecule has 0 radical (unpaired) electrons. The highest BCUT2D eigenvalue weighted by Gasteiger charge is 2.16. The molecule has 1 unspecified atom stereocenters. The molecule has 2 aromatic carbocycles. The van der Waals surface area contributed by atoms with E-state index in [1.54, 1.807) is 31.1 Å². The van der Waals surface area contributed by atoms with E-state index in [1.807, 2.05) is 31.3 Å². The summed E-state index contributed by atoms with van der Waals surface area (Å²) in [4.78, 5) is 1.80. The van der Waals surface area contributed by atoms with Crippen molar-refractivity contribution in [2.24, 2.45) is 0 Å². The molecule has 4 heteroatoms. The van der Waals surface area contributed by atoms with Crippen LogP contribution in [0.5, 0.6) is 5.75 Å². The third-order valence-corrected chi connectivity index (χ3v) is 3.40. The highest BCUT2D eigenvalue weighted by Crippen LogP contribution is 2.29. The van der Waals surface area contributed by atoms with Crippen molar-refractivity contribution in [3.8, 4) is 5.75 Å². The number of methoxy groups -OCH3 is 1. The Hall–Kier alpha value is -2.07. The molecule has 3 nitrogen and oxygen atoms in total. The first-order valence-corrected chi connectivity index (χ1v) is 6.83. The molecule has 0 amide bonds. The summed E-state index contributed by atoms with van der Waals surface area (Å²) in [6.45, 7) is 2.16. The lowest BCUT2D eigenvalue weighted by Gasteiger charge is -2.24. The fourth-order valence-corrected chi connectivity index (χ4v) is 2.40. The summed E-state index contributed by atoms with van der Waals surface area (Å²) in [5.41, 5.74) is 2.02. The van der Waals surface area contributed by atoms with E-state index in [-0.39, 0.29) is 5.82 Å². The van der Waals surface area contributed by atoms with Crippen LogP contribution in [-0.2, 0) is 6.54 Å². The molecule has 0 saturated heterocycles. The van der Waals surface area contributed by atoms with Crippen molar-refractivity contribution >= 4 is 5.69 Å². The highest BCUT2D eigenvalue weighted by molar-refractivity contribution is 5.55. The molecule has 112 valence electrons. The van der Waals surface area contributed by atoms with Crippen LogP contribution in [0.1, 0.15) is 24.2 Å². The second-order valence-electron chi connectivity index (χ2n) is 5.06. The second kappa shape index (κ2) is 6.59. The first-order chi connectivity index (χ1) is 10.0. The lowest BCUT2D eigenvalue weighted by molar-refractivity contribution is 0.199. The van der Waals surface area contributed by atoms with Gasteiger partial charge >= 0.3 is 0 Å². The lowest BCUT2D eigenvalue weighted by atomic mass is 10.1. The molecule has 0 aliphatic heterocycles. The number of ether oxygens (including phenoxy) is 1. The topological polar surface area (TPSA) is 32.7 Å². The number of aliphatic hydroxyl groups excluding tert-OH is 1. The monoisotopic (exact) mass is 289 g/mol. The van der Waals surface area contributed by atoms with E-state index >= 15 is 0 Å². The van der Waals surface area contributed by atoms with E-state index in [0.717, 1.165) is 11.3 Å². The van der Waals surface area contributed by atoms with E-state index in [1.165, 1.54) is 6.07 Å². The zero-order valence-corrected chi connectivity index (χ0v) is 12.5. The maximum absolute atomic E-state index is 14.1. The number of hydrogen-bond acceptors (Lipinski definition) is 3. The molecule has 0 heterocycles. The van der Waals surface area contributed by atoms with Crippen LogP contribution in [0.15, 0.2) is 42.5 Å². The van der Waals surface area contributed by atoms with Gasteiger partial charge in [-0.15, -0.1) is 0 Å². The Morgan fingerprint density at radius 3 is 2.62 bits per heavy atom. The molecule has 1 atom stereocenters. The maximum Gasteiger partial charge on any atom is 0.146 e. The van der Waals surface area contributed by atoms with Gasteiger partial charge < -0.3 is 14.7 Å². The van der Waals surface area contributed by atoms with Crippen LogP contribution in [0.3, 0.4) is 0 Å². The van der Waals surface area contributed by atoms with Crippen molar-refractivity contribution in [1.82, 2.24) is 0 Å². The molecule has 0 fully saturated rings. The van der Waals surface area contributed by atoms with Gasteiger partial charge in [-0.25, -0.2) is 4.39 Å². The third-order valence-electron chi connectivity index (χ3n) is 3.40. The van der Waals surface area contributed by atoms with Crippen LogP contribution < -0.4 is 9.64 Å². The molecule has 0 aliphatic rings. The number of benzene rings is 2. The summed E-state index contributed by atoms with van der Waals surface area (Å²) in [6.07, 6.45) is -0.719. The SMILES string of the molecule is COc1cccc(CN(C)c2c(F)cccc2C(C)O)c1. The largest absolute Gasteiger partial charge is 0.497 e. The van der Waals surface area contributed by atoms with E-state index in [4.69, 9.17) is 4.74 Å². The molecule has 2 aromatic rings. The summed E-state index contributed by atoms with van der Waals surface area (Å²) in [5, 5.41) is 9.81. The fourth-order valence-electron chi connectivity index (χ4n) is 2.40. The minimum atomic E-state index is -0.719. The first kappa shape index (κ1) is 15.3. The van der Waals surface area contributed by atoms with Crippen molar-refractivity contribution < 1.29 is 14.2 Å². The predicted molar refractivity (Wildman–Crippen MR) is 82.1 cm³/mol. The Balaban J connectivity index is 2.29. The number of hydrogen-bond donors (Lipinski definition) is 1. The molecule has 2 rings (SSSR count). The Morgan fingerprint density at radius 2 is 1.95 bits per heavy atom. The van der Waals surface area contributed by atoms with Crippen LogP contribution in [0.4, 0.5) is 10.1 Å². The van der Waals surface area contributed by atoms with E-state index in [0.29, 0.717) is 17.8 Å². The first-order valence-electron chi connectivity index (χ1n) is 6.83. The smallest absolute Gasteiger partial charge is 0.146 e. The van der Waals surface area contributed by atoms with E-state index < -0.39 is 6.10 Å². The summed E-state index contributed by atoms with van der Waals surface area (Å²) in [7, 11) is 3.43. The molecule has 0 aliphatic carbocycles. The molecule has 0 spiro atoms. The minimum Gasteiger partial charge on any atom is -0.497 e. The van der Waals surface area contributed by atoms with Crippen molar-refractivity contribution in [3.05, 3.63) is 59.4 Å². The van der Waals surface area contributed by atoms with Crippen LogP contribution in [0.2, 0.25) is 0 Å². The van der Waals surface area contributed by atoms with E-state index in [9.17, 15) is 9.50 Å². The summed E-state index contributed by atoms with van der Waals surface area (Å²) >= 11 is 0. The molecule has 1 N–H and O–H groups in total. The average molecular weight is 289 g/mol. The Labute approximate surface area is 124 Å². The van der Waals surface area contributed by atoms with Gasteiger partial charge in [0.25, 0.3) is 0 Å². The van der Waals surface area contributed by atoms with Gasteiger partial charge in [-0.2, -0.15) is 0 Å². The van der Waals surface area contributed by atoms with Gasteiger partial charge in [0.15, 0.2) is 0 Å². The van der Waals surface area contributed by atoms with Gasteiger partial charge in [0.2, 0.25) is 0 Å². The summed E-state index contributed by atoms with van der Waals surface area (Å²) in [5.74, 6) is 0.434. The normalized spacial score (nSPS) is 12.0. The zero-order valence-electron chi connectivity index (χ0n) is 12.5. The van der Waals surface area contributed by atoms with Gasteiger partial charge in [-0.05, 0) is 30.7 Å². The average Bonchev–Trinajstić information content (AvgIpc) is 2.46. The van der Waals surface area contributed by atoms with Crippen molar-refractivity contribution in [2.75, 3.05) is 19.1 Å². The Kier molecular flexibility index (Phi) is 4.81. The molecule has 21 heavy (non-hydrogen) atoms. The van der Waals surface area contributed by atoms with Gasteiger partial charge in [-0.3, -0.25) is 0 Å². The summed E-state index contributed by atoms with van der Waals surface area (Å²) < 4.78 is 19.3. The number of para-hydroxylation sites is 1. The zero-order chi connectivity index (χ0) is 15.4. The number of aliphatic hydroxyl groups is 1. The number of rotatable bonds is 5. The predicted octanol–water partition coefficient (Wildman–Crippen LogP) is 3.52. The summed E-state index contributed by atoms with van der Waals surface area (Å²) in [6, 6.07) is 12.4. The lowest BCUT2D eigenvalue weighted by Crippen LogP contribution is -2.20. The molecular weight excluding hydrogens is 269 g/mol. The number of halogens is 1. The fraction of sp³-hybridized carbons (Fsp3) is 0.294. The van der Waals surface area contributed by atoms with E-state index in [2.05, 4.69) is 0 Å². The highest BCUT2D eigenvalue weighted by atomic mass is 19.1. The Morgan fingerprint density at radius 1 is 1.24 bits per heavy atom. The van der Waals surface area contributed by atoms with Crippen LogP contribution in [-0.4, -0.2) is 19.3 Å². The van der Waals surface area contributed by atoms with Crippen molar-refractivity contribution in [3.63, 3.8) is 0 Å². The van der Waals surface area contributed by atoms with Gasteiger partial charge in [0.05, 0.1) is 18.9 Å². The molecule has 0 saturated carbocycles.